The molecule has 2 nitrogen and oxygen atoms in total. The third kappa shape index (κ3) is 2.45. The lowest BCUT2D eigenvalue weighted by Crippen LogP contribution is -2.08. The Morgan fingerprint density at radius 1 is 1.57 bits per heavy atom. The van der Waals surface area contributed by atoms with Crippen molar-refractivity contribution >= 4 is 17.6 Å². The molecule has 1 aromatic rings. The lowest BCUT2D eigenvalue weighted by molar-refractivity contribution is 0.0500. The normalized spacial score (nSPS) is 9.93. The average Bonchev–Trinajstić information content (AvgIpc) is 2.18. The van der Waals surface area contributed by atoms with Crippen molar-refractivity contribution in [3.63, 3.8) is 0 Å². The van der Waals surface area contributed by atoms with Crippen molar-refractivity contribution < 1.29 is 13.9 Å². The van der Waals surface area contributed by atoms with E-state index in [0.717, 1.165) is 0 Å². The quantitative estimate of drug-likeness (QED) is 0.726. The van der Waals surface area contributed by atoms with Gasteiger partial charge in [-0.05, 0) is 18.6 Å². The molecule has 0 fully saturated rings. The average molecular weight is 217 g/mol. The summed E-state index contributed by atoms with van der Waals surface area (Å²) in [5.74, 6) is -1.40. The zero-order valence-corrected chi connectivity index (χ0v) is 8.47. The molecule has 0 amide bonds. The highest BCUT2D eigenvalue weighted by Crippen LogP contribution is 2.18. The van der Waals surface area contributed by atoms with E-state index in [1.807, 2.05) is 6.92 Å². The smallest absolute Gasteiger partial charge is 0.341 e. The van der Waals surface area contributed by atoms with Crippen molar-refractivity contribution in [1.29, 1.82) is 0 Å². The molecule has 1 aromatic carbocycles. The Morgan fingerprint density at radius 2 is 2.29 bits per heavy atom. The summed E-state index contributed by atoms with van der Waals surface area (Å²) in [5, 5.41) is -0.0732. The molecule has 1 rings (SSSR count). The number of benzene rings is 1. The number of hydrogen-bond donors (Lipinski definition) is 0. The number of ether oxygens (including phenoxy) is 1. The number of esters is 1. The molecule has 0 atom stereocenters. The molecule has 76 valence electrons. The summed E-state index contributed by atoms with van der Waals surface area (Å²) < 4.78 is 18.0. The van der Waals surface area contributed by atoms with Crippen molar-refractivity contribution in [2.45, 2.75) is 13.3 Å². The maximum atomic E-state index is 13.2. The fourth-order valence-corrected chi connectivity index (χ4v) is 1.11. The van der Waals surface area contributed by atoms with Crippen molar-refractivity contribution in [2.75, 3.05) is 6.61 Å². The van der Waals surface area contributed by atoms with Crippen molar-refractivity contribution in [2.24, 2.45) is 0 Å². The first-order valence-corrected chi connectivity index (χ1v) is 4.65. The molecule has 0 radical (unpaired) electrons. The van der Waals surface area contributed by atoms with Crippen LogP contribution in [0.1, 0.15) is 23.7 Å². The summed E-state index contributed by atoms with van der Waals surface area (Å²) in [6.07, 6.45) is 0.702. The summed E-state index contributed by atoms with van der Waals surface area (Å²) in [6, 6.07) is 4.24. The first kappa shape index (κ1) is 11.0. The first-order chi connectivity index (χ1) is 6.66. The number of rotatable bonds is 3. The second-order valence-corrected chi connectivity index (χ2v) is 3.14. The first-order valence-electron chi connectivity index (χ1n) is 4.28. The van der Waals surface area contributed by atoms with Crippen LogP contribution in [-0.4, -0.2) is 12.6 Å². The molecular weight excluding hydrogens is 207 g/mol. The van der Waals surface area contributed by atoms with Crippen LogP contribution in [0.4, 0.5) is 4.39 Å². The van der Waals surface area contributed by atoms with Gasteiger partial charge < -0.3 is 4.74 Å². The Morgan fingerprint density at radius 3 is 2.93 bits per heavy atom. The number of hydrogen-bond acceptors (Lipinski definition) is 2. The molecule has 0 N–H and O–H groups in total. The number of halogens is 2. The van der Waals surface area contributed by atoms with E-state index in [2.05, 4.69) is 0 Å². The minimum Gasteiger partial charge on any atom is -0.462 e. The van der Waals surface area contributed by atoms with Gasteiger partial charge >= 0.3 is 5.97 Å². The van der Waals surface area contributed by atoms with Crippen LogP contribution in [0, 0.1) is 5.82 Å². The van der Waals surface area contributed by atoms with E-state index >= 15 is 0 Å². The SMILES string of the molecule is CCCOC(=O)c1cccc(Cl)c1F. The summed E-state index contributed by atoms with van der Waals surface area (Å²) >= 11 is 5.51. The van der Waals surface area contributed by atoms with E-state index in [1.54, 1.807) is 0 Å². The highest BCUT2D eigenvalue weighted by Gasteiger charge is 2.14. The van der Waals surface area contributed by atoms with Gasteiger partial charge in [0.05, 0.1) is 17.2 Å². The molecule has 0 aliphatic carbocycles. The fourth-order valence-electron chi connectivity index (χ4n) is 0.934. The number of carbonyl (C=O) groups is 1. The second-order valence-electron chi connectivity index (χ2n) is 2.74. The van der Waals surface area contributed by atoms with E-state index in [1.165, 1.54) is 18.2 Å². The van der Waals surface area contributed by atoms with E-state index in [9.17, 15) is 9.18 Å². The Kier molecular flexibility index (Phi) is 3.89. The van der Waals surface area contributed by atoms with E-state index in [-0.39, 0.29) is 17.2 Å². The van der Waals surface area contributed by atoms with Gasteiger partial charge in [-0.2, -0.15) is 0 Å². The van der Waals surface area contributed by atoms with Crippen molar-refractivity contribution in [3.05, 3.63) is 34.6 Å². The van der Waals surface area contributed by atoms with Gasteiger partial charge in [0, 0.05) is 0 Å². The Bertz CT molecular complexity index is 339. The topological polar surface area (TPSA) is 26.3 Å². The minimum absolute atomic E-state index is 0.0732. The summed E-state index contributed by atoms with van der Waals surface area (Å²) in [6.45, 7) is 2.15. The van der Waals surface area contributed by atoms with Gasteiger partial charge in [-0.1, -0.05) is 24.6 Å². The molecule has 0 spiro atoms. The lowest BCUT2D eigenvalue weighted by atomic mass is 10.2. The van der Waals surface area contributed by atoms with Gasteiger partial charge in [0.1, 0.15) is 0 Å². The zero-order valence-electron chi connectivity index (χ0n) is 7.72. The van der Waals surface area contributed by atoms with Crippen LogP contribution < -0.4 is 0 Å². The summed E-state index contributed by atoms with van der Waals surface area (Å²) in [5.41, 5.74) is -0.119. The molecule has 14 heavy (non-hydrogen) atoms. The van der Waals surface area contributed by atoms with Crippen LogP contribution in [0.3, 0.4) is 0 Å². The minimum atomic E-state index is -0.727. The Labute approximate surface area is 86.6 Å². The molecule has 0 aliphatic heterocycles. The van der Waals surface area contributed by atoms with Gasteiger partial charge in [0.15, 0.2) is 5.82 Å². The standard InChI is InChI=1S/C10H10ClFO2/c1-2-6-14-10(13)7-4-3-5-8(11)9(7)12/h3-5H,2,6H2,1H3. The molecule has 0 bridgehead atoms. The molecule has 0 saturated heterocycles. The van der Waals surface area contributed by atoms with Gasteiger partial charge in [0.25, 0.3) is 0 Å². The summed E-state index contributed by atoms with van der Waals surface area (Å²) in [7, 11) is 0. The van der Waals surface area contributed by atoms with Crippen LogP contribution in [0.25, 0.3) is 0 Å². The Hall–Kier alpha value is -1.09. The molecule has 0 aliphatic rings. The molecule has 0 aromatic heterocycles. The predicted molar refractivity (Wildman–Crippen MR) is 52.0 cm³/mol. The van der Waals surface area contributed by atoms with Gasteiger partial charge in [-0.3, -0.25) is 0 Å². The van der Waals surface area contributed by atoms with Crippen LogP contribution in [0.2, 0.25) is 5.02 Å². The zero-order chi connectivity index (χ0) is 10.6. The molecule has 0 heterocycles. The summed E-state index contributed by atoms with van der Waals surface area (Å²) in [4.78, 5) is 11.3. The second kappa shape index (κ2) is 4.96. The molecule has 0 saturated carbocycles. The maximum absolute atomic E-state index is 13.2. The van der Waals surface area contributed by atoms with Crippen LogP contribution in [0.15, 0.2) is 18.2 Å². The number of carbonyl (C=O) groups excluding carboxylic acids is 1. The molecule has 4 heteroatoms. The van der Waals surface area contributed by atoms with E-state index < -0.39 is 11.8 Å². The van der Waals surface area contributed by atoms with Gasteiger partial charge in [-0.15, -0.1) is 0 Å². The predicted octanol–water partition coefficient (Wildman–Crippen LogP) is 3.05. The highest BCUT2D eigenvalue weighted by atomic mass is 35.5. The Balaban J connectivity index is 2.84. The van der Waals surface area contributed by atoms with Gasteiger partial charge in [0.2, 0.25) is 0 Å². The van der Waals surface area contributed by atoms with Crippen molar-refractivity contribution in [3.8, 4) is 0 Å². The van der Waals surface area contributed by atoms with Crippen LogP contribution in [0.5, 0.6) is 0 Å². The fraction of sp³-hybridized carbons (Fsp3) is 0.300. The van der Waals surface area contributed by atoms with Crippen LogP contribution in [-0.2, 0) is 4.74 Å². The van der Waals surface area contributed by atoms with Gasteiger partial charge in [-0.25, -0.2) is 9.18 Å². The van der Waals surface area contributed by atoms with E-state index in [0.29, 0.717) is 6.42 Å². The third-order valence-electron chi connectivity index (χ3n) is 1.61. The highest BCUT2D eigenvalue weighted by molar-refractivity contribution is 6.31. The lowest BCUT2D eigenvalue weighted by Gasteiger charge is -2.04. The monoisotopic (exact) mass is 216 g/mol. The maximum Gasteiger partial charge on any atom is 0.341 e. The van der Waals surface area contributed by atoms with Crippen LogP contribution >= 0.6 is 11.6 Å². The largest absolute Gasteiger partial charge is 0.462 e. The molecule has 0 unspecified atom stereocenters. The third-order valence-corrected chi connectivity index (χ3v) is 1.90. The van der Waals surface area contributed by atoms with E-state index in [4.69, 9.17) is 16.3 Å². The van der Waals surface area contributed by atoms with Crippen molar-refractivity contribution in [1.82, 2.24) is 0 Å². The molecular formula is C10H10ClFO2.